The molecule has 3 rings (SSSR count). The van der Waals surface area contributed by atoms with Crippen LogP contribution in [0.15, 0.2) is 22.7 Å². The third-order valence-corrected chi connectivity index (χ3v) is 6.76. The topological polar surface area (TPSA) is 116 Å². The van der Waals surface area contributed by atoms with Gasteiger partial charge < -0.3 is 14.6 Å². The third kappa shape index (κ3) is 4.59. The van der Waals surface area contributed by atoms with Crippen LogP contribution in [0.4, 0.5) is 4.39 Å². The highest BCUT2D eigenvalue weighted by Crippen LogP contribution is 2.33. The molecule has 1 saturated heterocycles. The summed E-state index contributed by atoms with van der Waals surface area (Å²) in [5.41, 5.74) is -1.32. The third-order valence-electron chi connectivity index (χ3n) is 4.55. The van der Waals surface area contributed by atoms with E-state index in [2.05, 4.69) is 10.5 Å². The Labute approximate surface area is 171 Å². The lowest BCUT2D eigenvalue weighted by Gasteiger charge is -2.23. The molecule has 29 heavy (non-hydrogen) atoms. The second-order valence-corrected chi connectivity index (χ2v) is 9.68. The van der Waals surface area contributed by atoms with E-state index in [4.69, 9.17) is 20.9 Å². The van der Waals surface area contributed by atoms with Gasteiger partial charge in [0.1, 0.15) is 22.8 Å². The summed E-state index contributed by atoms with van der Waals surface area (Å²) >= 11 is 6.02. The number of esters is 1. The maximum atomic E-state index is 14.2. The van der Waals surface area contributed by atoms with E-state index in [9.17, 15) is 22.4 Å². The highest BCUT2D eigenvalue weighted by Gasteiger charge is 2.39. The van der Waals surface area contributed by atoms with Crippen LogP contribution in [0.2, 0.25) is 5.02 Å². The van der Waals surface area contributed by atoms with Crippen molar-refractivity contribution in [1.82, 2.24) is 10.5 Å². The molecule has 0 bridgehead atoms. The lowest BCUT2D eigenvalue weighted by molar-refractivity contribution is -0.125. The lowest BCUT2D eigenvalue weighted by Crippen LogP contribution is -2.48. The van der Waals surface area contributed by atoms with Crippen molar-refractivity contribution in [3.05, 3.63) is 40.4 Å². The van der Waals surface area contributed by atoms with Crippen LogP contribution in [0.1, 0.15) is 29.5 Å². The van der Waals surface area contributed by atoms with Crippen molar-refractivity contribution in [2.45, 2.75) is 25.8 Å². The Kier molecular flexibility index (Phi) is 5.68. The van der Waals surface area contributed by atoms with Gasteiger partial charge in [-0.25, -0.2) is 17.6 Å². The van der Waals surface area contributed by atoms with E-state index in [1.165, 1.54) is 19.1 Å². The quantitative estimate of drug-likeness (QED) is 0.703. The van der Waals surface area contributed by atoms with E-state index >= 15 is 0 Å². The molecule has 156 valence electrons. The minimum atomic E-state index is -3.21. The molecule has 1 unspecified atom stereocenters. The molecular weight excluding hydrogens is 427 g/mol. The summed E-state index contributed by atoms with van der Waals surface area (Å²) in [4.78, 5) is 24.6. The molecule has 1 atom stereocenters. The van der Waals surface area contributed by atoms with E-state index in [1.54, 1.807) is 6.92 Å². The number of ether oxygens (including phenoxy) is 1. The smallest absolute Gasteiger partial charge is 0.344 e. The summed E-state index contributed by atoms with van der Waals surface area (Å²) in [6.07, 6.45) is 0.274. The number of nitrogens with one attached hydrogen (secondary N) is 1. The molecule has 1 amide bonds. The van der Waals surface area contributed by atoms with Crippen LogP contribution in [0.3, 0.4) is 0 Å². The minimum absolute atomic E-state index is 0.0176. The molecule has 0 radical (unpaired) electrons. The molecule has 2 aromatic rings. The first-order valence-electron chi connectivity index (χ1n) is 8.60. The highest BCUT2D eigenvalue weighted by molar-refractivity contribution is 7.91. The SMILES string of the molecule is Cc1onc(-c2c(F)cccc2Cl)c1C(=O)OCC(=O)NC1(C)CCS(=O)(=O)C1. The van der Waals surface area contributed by atoms with Gasteiger partial charge in [0.2, 0.25) is 0 Å². The number of aromatic nitrogens is 1. The fraction of sp³-hybridized carbons (Fsp3) is 0.389. The van der Waals surface area contributed by atoms with Crippen LogP contribution in [0.5, 0.6) is 0 Å². The number of hydrogen-bond acceptors (Lipinski definition) is 7. The molecule has 0 aliphatic carbocycles. The van der Waals surface area contributed by atoms with Crippen LogP contribution in [-0.2, 0) is 19.4 Å². The molecule has 1 aliphatic heterocycles. The summed E-state index contributed by atoms with van der Waals surface area (Å²) in [5.74, 6) is -2.43. The second-order valence-electron chi connectivity index (χ2n) is 7.09. The zero-order valence-electron chi connectivity index (χ0n) is 15.6. The molecule has 11 heteroatoms. The summed E-state index contributed by atoms with van der Waals surface area (Å²) in [5, 5.41) is 6.30. The Balaban J connectivity index is 1.72. The van der Waals surface area contributed by atoms with Crippen molar-refractivity contribution in [3.8, 4) is 11.3 Å². The van der Waals surface area contributed by atoms with E-state index in [-0.39, 0.29) is 45.5 Å². The monoisotopic (exact) mass is 444 g/mol. The number of halogens is 2. The molecule has 1 aliphatic rings. The number of benzene rings is 1. The molecule has 1 aromatic carbocycles. The second kappa shape index (κ2) is 7.75. The molecular formula is C18H18ClFN2O6S. The van der Waals surface area contributed by atoms with Gasteiger partial charge in [0.15, 0.2) is 16.4 Å². The molecule has 1 aromatic heterocycles. The normalized spacial score (nSPS) is 20.4. The predicted octanol–water partition coefficient (Wildman–Crippen LogP) is 2.29. The van der Waals surface area contributed by atoms with Gasteiger partial charge in [0.05, 0.1) is 27.6 Å². The number of hydrogen-bond donors (Lipinski definition) is 1. The summed E-state index contributed by atoms with van der Waals surface area (Å²) in [7, 11) is -3.21. The van der Waals surface area contributed by atoms with Gasteiger partial charge in [-0.05, 0) is 32.4 Å². The Morgan fingerprint density at radius 3 is 2.76 bits per heavy atom. The van der Waals surface area contributed by atoms with Crippen LogP contribution in [-0.4, -0.2) is 49.1 Å². The van der Waals surface area contributed by atoms with Crippen LogP contribution in [0.25, 0.3) is 11.3 Å². The highest BCUT2D eigenvalue weighted by atomic mass is 35.5. The number of amides is 1. The van der Waals surface area contributed by atoms with Crippen molar-refractivity contribution < 1.29 is 31.7 Å². The van der Waals surface area contributed by atoms with Gasteiger partial charge in [-0.3, -0.25) is 4.79 Å². The number of carbonyl (C=O) groups excluding carboxylic acids is 2. The number of carbonyl (C=O) groups is 2. The average molecular weight is 445 g/mol. The Bertz CT molecular complexity index is 1060. The van der Waals surface area contributed by atoms with Gasteiger partial charge in [-0.15, -0.1) is 0 Å². The van der Waals surface area contributed by atoms with Crippen LogP contribution >= 0.6 is 11.6 Å². The largest absolute Gasteiger partial charge is 0.452 e. The van der Waals surface area contributed by atoms with Crippen molar-refractivity contribution in [3.63, 3.8) is 0 Å². The average Bonchev–Trinajstić information content (AvgIpc) is 3.11. The van der Waals surface area contributed by atoms with E-state index in [0.717, 1.165) is 6.07 Å². The number of aryl methyl sites for hydroxylation is 1. The van der Waals surface area contributed by atoms with Gasteiger partial charge in [0.25, 0.3) is 5.91 Å². The zero-order chi connectivity index (χ0) is 21.4. The van der Waals surface area contributed by atoms with Gasteiger partial charge in [-0.1, -0.05) is 22.8 Å². The fourth-order valence-corrected chi connectivity index (χ4v) is 5.54. The van der Waals surface area contributed by atoms with E-state index in [1.807, 2.05) is 0 Å². The molecule has 2 heterocycles. The first-order valence-corrected chi connectivity index (χ1v) is 10.8. The van der Waals surface area contributed by atoms with Gasteiger partial charge in [-0.2, -0.15) is 0 Å². The first kappa shape index (κ1) is 21.3. The Morgan fingerprint density at radius 1 is 1.41 bits per heavy atom. The van der Waals surface area contributed by atoms with E-state index < -0.39 is 39.7 Å². The van der Waals surface area contributed by atoms with Crippen LogP contribution < -0.4 is 5.32 Å². The maximum Gasteiger partial charge on any atom is 0.344 e. The fourth-order valence-electron chi connectivity index (χ4n) is 3.19. The Hall–Kier alpha value is -2.46. The van der Waals surface area contributed by atoms with E-state index in [0.29, 0.717) is 0 Å². The Morgan fingerprint density at radius 2 is 2.14 bits per heavy atom. The molecule has 1 N–H and O–H groups in total. The molecule has 8 nitrogen and oxygen atoms in total. The number of sulfone groups is 1. The van der Waals surface area contributed by atoms with Crippen molar-refractivity contribution in [1.29, 1.82) is 0 Å². The standard InChI is InChI=1S/C18H18ClFN2O6S/c1-10-14(16(22-28-10)15-11(19)4-3-5-12(15)20)17(24)27-8-13(23)21-18(2)6-7-29(25,26)9-18/h3-5H,6-9H2,1-2H3,(H,21,23). The molecule has 0 saturated carbocycles. The van der Waals surface area contributed by atoms with Crippen molar-refractivity contribution in [2.75, 3.05) is 18.1 Å². The zero-order valence-corrected chi connectivity index (χ0v) is 17.2. The minimum Gasteiger partial charge on any atom is -0.452 e. The summed E-state index contributed by atoms with van der Waals surface area (Å²) in [6.45, 7) is 2.40. The van der Waals surface area contributed by atoms with Crippen molar-refractivity contribution in [2.24, 2.45) is 0 Å². The lowest BCUT2D eigenvalue weighted by atomic mass is 10.0. The predicted molar refractivity (Wildman–Crippen MR) is 102 cm³/mol. The van der Waals surface area contributed by atoms with Gasteiger partial charge in [0, 0.05) is 0 Å². The maximum absolute atomic E-state index is 14.2. The van der Waals surface area contributed by atoms with Gasteiger partial charge >= 0.3 is 5.97 Å². The molecule has 0 spiro atoms. The summed E-state index contributed by atoms with van der Waals surface area (Å²) in [6, 6.07) is 3.99. The van der Waals surface area contributed by atoms with Crippen LogP contribution in [0, 0.1) is 12.7 Å². The van der Waals surface area contributed by atoms with Crippen molar-refractivity contribution >= 4 is 33.3 Å². The first-order chi connectivity index (χ1) is 13.5. The molecule has 1 fully saturated rings. The number of rotatable bonds is 5. The summed E-state index contributed by atoms with van der Waals surface area (Å²) < 4.78 is 47.4. The number of nitrogens with zero attached hydrogens (tertiary/aromatic N) is 1.